The fourth-order valence-corrected chi connectivity index (χ4v) is 2.76. The summed E-state index contributed by atoms with van der Waals surface area (Å²) in [6, 6.07) is 8.93. The Bertz CT molecular complexity index is 629. The van der Waals surface area contributed by atoms with Crippen LogP contribution in [0.5, 0.6) is 5.88 Å². The minimum Gasteiger partial charge on any atom is -0.476 e. The van der Waals surface area contributed by atoms with Crippen LogP contribution in [0.25, 0.3) is 0 Å². The van der Waals surface area contributed by atoms with Gasteiger partial charge in [-0.25, -0.2) is 4.98 Å². The number of nitrogens with zero attached hydrogens (tertiary/aromatic N) is 2. The number of ether oxygens (including phenoxy) is 1. The lowest BCUT2D eigenvalue weighted by Gasteiger charge is -2.26. The quantitative estimate of drug-likeness (QED) is 0.902. The normalized spacial score (nSPS) is 17.1. The second kappa shape index (κ2) is 5.99. The van der Waals surface area contributed by atoms with Gasteiger partial charge in [0.15, 0.2) is 5.82 Å². The van der Waals surface area contributed by atoms with E-state index in [9.17, 15) is 0 Å². The Kier molecular flexibility index (Phi) is 3.90. The Balaban J connectivity index is 1.75. The van der Waals surface area contributed by atoms with E-state index in [2.05, 4.69) is 39.6 Å². The maximum atomic E-state index is 6.07. The number of nitrogen functional groups attached to an aromatic ring is 1. The van der Waals surface area contributed by atoms with Crippen LogP contribution in [0.1, 0.15) is 24.5 Å². The summed E-state index contributed by atoms with van der Waals surface area (Å²) in [5.74, 6) is 1.11. The average Bonchev–Trinajstić information content (AvgIpc) is 2.51. The van der Waals surface area contributed by atoms with Gasteiger partial charge in [-0.05, 0) is 37.3 Å². The molecule has 0 amide bonds. The van der Waals surface area contributed by atoms with Gasteiger partial charge in [0.1, 0.15) is 12.0 Å². The largest absolute Gasteiger partial charge is 0.476 e. The van der Waals surface area contributed by atoms with E-state index in [1.807, 2.05) is 6.92 Å². The van der Waals surface area contributed by atoms with E-state index in [1.165, 1.54) is 17.5 Å². The van der Waals surface area contributed by atoms with Crippen LogP contribution in [0.3, 0.4) is 0 Å². The molecule has 0 radical (unpaired) electrons. The number of benzene rings is 1. The van der Waals surface area contributed by atoms with Crippen molar-refractivity contribution in [1.29, 1.82) is 0 Å². The number of nitrogens with two attached hydrogens (primary N) is 1. The van der Waals surface area contributed by atoms with Gasteiger partial charge in [-0.15, -0.1) is 0 Å². The molecule has 1 aromatic heterocycles. The van der Waals surface area contributed by atoms with E-state index < -0.39 is 0 Å². The maximum Gasteiger partial charge on any atom is 0.242 e. The number of aromatic nitrogens is 2. The molecule has 5 heteroatoms. The molecule has 3 rings (SSSR count). The molecule has 0 aliphatic heterocycles. The van der Waals surface area contributed by atoms with Crippen molar-refractivity contribution in [1.82, 2.24) is 9.97 Å². The zero-order chi connectivity index (χ0) is 14.7. The average molecular weight is 284 g/mol. The highest BCUT2D eigenvalue weighted by atomic mass is 16.5. The number of aryl methyl sites for hydroxylation is 1. The Hall–Kier alpha value is -2.30. The first-order chi connectivity index (χ1) is 10.3. The second-order valence-electron chi connectivity index (χ2n) is 5.23. The third-order valence-electron chi connectivity index (χ3n) is 3.82. The molecule has 110 valence electrons. The number of fused-ring (bicyclic) bond motifs is 1. The van der Waals surface area contributed by atoms with Crippen molar-refractivity contribution in [2.24, 2.45) is 0 Å². The fraction of sp³-hybridized carbons (Fsp3) is 0.375. The second-order valence-corrected chi connectivity index (χ2v) is 5.23. The molecule has 1 unspecified atom stereocenters. The molecule has 0 saturated heterocycles. The summed E-state index contributed by atoms with van der Waals surface area (Å²) in [5.41, 5.74) is 9.40. The molecule has 1 atom stereocenters. The predicted octanol–water partition coefficient (Wildman–Crippen LogP) is 2.43. The van der Waals surface area contributed by atoms with E-state index >= 15 is 0 Å². The van der Waals surface area contributed by atoms with Gasteiger partial charge in [0.2, 0.25) is 5.88 Å². The van der Waals surface area contributed by atoms with Crippen LogP contribution in [0, 0.1) is 0 Å². The molecule has 1 heterocycles. The van der Waals surface area contributed by atoms with Crippen LogP contribution in [-0.2, 0) is 12.8 Å². The highest BCUT2D eigenvalue weighted by Gasteiger charge is 2.20. The first-order valence-corrected chi connectivity index (χ1v) is 7.34. The summed E-state index contributed by atoms with van der Waals surface area (Å²) in [7, 11) is 0. The van der Waals surface area contributed by atoms with Gasteiger partial charge in [0.25, 0.3) is 0 Å². The molecule has 3 N–H and O–H groups in total. The van der Waals surface area contributed by atoms with Gasteiger partial charge in [-0.3, -0.25) is 0 Å². The summed E-state index contributed by atoms with van der Waals surface area (Å²) in [4.78, 5) is 8.30. The molecule has 1 aromatic carbocycles. The Morgan fingerprint density at radius 1 is 1.29 bits per heavy atom. The van der Waals surface area contributed by atoms with Crippen molar-refractivity contribution in [3.63, 3.8) is 0 Å². The Morgan fingerprint density at radius 2 is 2.10 bits per heavy atom. The lowest BCUT2D eigenvalue weighted by Crippen LogP contribution is -2.28. The number of hydrogen-bond donors (Lipinski definition) is 2. The van der Waals surface area contributed by atoms with Crippen molar-refractivity contribution in [2.75, 3.05) is 17.7 Å². The highest BCUT2D eigenvalue weighted by molar-refractivity contribution is 5.66. The molecule has 0 saturated carbocycles. The van der Waals surface area contributed by atoms with Crippen LogP contribution in [0.2, 0.25) is 0 Å². The molecule has 1 aliphatic carbocycles. The van der Waals surface area contributed by atoms with Crippen LogP contribution in [0.15, 0.2) is 30.6 Å². The van der Waals surface area contributed by atoms with Gasteiger partial charge in [-0.2, -0.15) is 4.98 Å². The van der Waals surface area contributed by atoms with Crippen LogP contribution in [0.4, 0.5) is 11.5 Å². The summed E-state index contributed by atoms with van der Waals surface area (Å²) in [6.45, 7) is 2.45. The third kappa shape index (κ3) is 2.91. The standard InChI is InChI=1S/C16H20N4O/c1-2-21-16-14(17)15(18-10-19-16)20-13-8-7-11-5-3-4-6-12(11)9-13/h3-6,10,13H,2,7-9,17H2,1H3,(H,18,19,20). The first-order valence-electron chi connectivity index (χ1n) is 7.34. The minimum atomic E-state index is 0.339. The number of hydrogen-bond acceptors (Lipinski definition) is 5. The number of anilines is 2. The fourth-order valence-electron chi connectivity index (χ4n) is 2.76. The van der Waals surface area contributed by atoms with Gasteiger partial charge >= 0.3 is 0 Å². The Morgan fingerprint density at radius 3 is 2.90 bits per heavy atom. The molecule has 5 nitrogen and oxygen atoms in total. The van der Waals surface area contributed by atoms with Gasteiger partial charge < -0.3 is 15.8 Å². The van der Waals surface area contributed by atoms with Gasteiger partial charge in [0, 0.05) is 6.04 Å². The smallest absolute Gasteiger partial charge is 0.242 e. The van der Waals surface area contributed by atoms with Crippen molar-refractivity contribution < 1.29 is 4.74 Å². The lowest BCUT2D eigenvalue weighted by molar-refractivity contribution is 0.328. The van der Waals surface area contributed by atoms with Gasteiger partial charge in [0.05, 0.1) is 6.61 Å². The number of rotatable bonds is 4. The van der Waals surface area contributed by atoms with E-state index in [-0.39, 0.29) is 0 Å². The molecule has 21 heavy (non-hydrogen) atoms. The van der Waals surface area contributed by atoms with Crippen molar-refractivity contribution >= 4 is 11.5 Å². The number of nitrogens with one attached hydrogen (secondary N) is 1. The monoisotopic (exact) mass is 284 g/mol. The maximum absolute atomic E-state index is 6.07. The molecule has 0 spiro atoms. The predicted molar refractivity (Wildman–Crippen MR) is 83.5 cm³/mol. The summed E-state index contributed by atoms with van der Waals surface area (Å²) < 4.78 is 5.41. The van der Waals surface area contributed by atoms with E-state index in [4.69, 9.17) is 10.5 Å². The molecule has 0 fully saturated rings. The van der Waals surface area contributed by atoms with E-state index in [1.54, 1.807) is 0 Å². The third-order valence-corrected chi connectivity index (χ3v) is 3.82. The topological polar surface area (TPSA) is 73.1 Å². The van der Waals surface area contributed by atoms with Crippen molar-refractivity contribution in [3.8, 4) is 5.88 Å². The lowest BCUT2D eigenvalue weighted by atomic mass is 9.88. The summed E-state index contributed by atoms with van der Waals surface area (Å²) in [6.07, 6.45) is 4.63. The molecule has 2 aromatic rings. The highest BCUT2D eigenvalue weighted by Crippen LogP contribution is 2.28. The van der Waals surface area contributed by atoms with Crippen LogP contribution in [-0.4, -0.2) is 22.6 Å². The zero-order valence-electron chi connectivity index (χ0n) is 12.2. The Labute approximate surface area is 124 Å². The SMILES string of the molecule is CCOc1ncnc(NC2CCc3ccccc3C2)c1N. The summed E-state index contributed by atoms with van der Waals surface area (Å²) >= 11 is 0. The molecule has 1 aliphatic rings. The van der Waals surface area contributed by atoms with E-state index in [0.717, 1.165) is 19.3 Å². The zero-order valence-corrected chi connectivity index (χ0v) is 12.2. The van der Waals surface area contributed by atoms with Crippen molar-refractivity contribution in [2.45, 2.75) is 32.2 Å². The van der Waals surface area contributed by atoms with Crippen molar-refractivity contribution in [3.05, 3.63) is 41.7 Å². The van der Waals surface area contributed by atoms with Gasteiger partial charge in [-0.1, -0.05) is 24.3 Å². The minimum absolute atomic E-state index is 0.339. The first kappa shape index (κ1) is 13.7. The van der Waals surface area contributed by atoms with E-state index in [0.29, 0.717) is 30.0 Å². The van der Waals surface area contributed by atoms with Crippen LogP contribution < -0.4 is 15.8 Å². The molecule has 0 bridgehead atoms. The molecular weight excluding hydrogens is 264 g/mol. The van der Waals surface area contributed by atoms with Crippen LogP contribution >= 0.6 is 0 Å². The summed E-state index contributed by atoms with van der Waals surface area (Å²) in [5, 5.41) is 3.43. The molecular formula is C16H20N4O.